The van der Waals surface area contributed by atoms with Crippen LogP contribution in [-0.4, -0.2) is 28.5 Å². The van der Waals surface area contributed by atoms with Gasteiger partial charge in [-0.2, -0.15) is 0 Å². The van der Waals surface area contributed by atoms with Gasteiger partial charge in [0.05, 0.1) is 23.6 Å². The number of nitrogens with zero attached hydrogens (tertiary/aromatic N) is 2. The number of hydrogen-bond acceptors (Lipinski definition) is 3. The lowest BCUT2D eigenvalue weighted by molar-refractivity contribution is -0.120. The molecule has 20 heavy (non-hydrogen) atoms. The molecule has 1 atom stereocenters. The summed E-state index contributed by atoms with van der Waals surface area (Å²) in [7, 11) is 0. The highest BCUT2D eigenvalue weighted by molar-refractivity contribution is 5.94. The van der Waals surface area contributed by atoms with E-state index in [-0.39, 0.29) is 11.8 Å². The molecule has 5 nitrogen and oxygen atoms in total. The van der Waals surface area contributed by atoms with Crippen molar-refractivity contribution in [2.75, 3.05) is 18.4 Å². The van der Waals surface area contributed by atoms with Crippen LogP contribution in [0.15, 0.2) is 43.0 Å². The number of imidazole rings is 1. The van der Waals surface area contributed by atoms with Gasteiger partial charge in [-0.05, 0) is 31.5 Å². The quantitative estimate of drug-likeness (QED) is 0.894. The van der Waals surface area contributed by atoms with Crippen LogP contribution in [0, 0.1) is 5.92 Å². The molecule has 0 unspecified atom stereocenters. The predicted molar refractivity (Wildman–Crippen MR) is 77.8 cm³/mol. The second-order valence-electron chi connectivity index (χ2n) is 5.02. The molecule has 0 saturated carbocycles. The first kappa shape index (κ1) is 12.9. The van der Waals surface area contributed by atoms with E-state index in [9.17, 15) is 4.79 Å². The maximum Gasteiger partial charge on any atom is 0.228 e. The zero-order valence-corrected chi connectivity index (χ0v) is 11.2. The minimum absolute atomic E-state index is 0.0552. The van der Waals surface area contributed by atoms with Gasteiger partial charge in [-0.3, -0.25) is 4.79 Å². The lowest BCUT2D eigenvalue weighted by atomic mass is 9.99. The Morgan fingerprint density at radius 3 is 3.05 bits per heavy atom. The molecular formula is C15H18N4O. The first-order valence-electron chi connectivity index (χ1n) is 6.93. The molecule has 1 aliphatic rings. The average Bonchev–Trinajstić information content (AvgIpc) is 3.03. The Bertz CT molecular complexity index is 573. The van der Waals surface area contributed by atoms with E-state index in [0.29, 0.717) is 0 Å². The topological polar surface area (TPSA) is 59.0 Å². The second-order valence-corrected chi connectivity index (χ2v) is 5.02. The molecule has 5 heteroatoms. The molecule has 0 bridgehead atoms. The Kier molecular flexibility index (Phi) is 3.78. The maximum atomic E-state index is 12.3. The number of piperidine rings is 1. The Balaban J connectivity index is 1.79. The van der Waals surface area contributed by atoms with Crippen LogP contribution in [0.5, 0.6) is 0 Å². The molecule has 2 N–H and O–H groups in total. The molecule has 1 fully saturated rings. The minimum atomic E-state index is 0.0552. The van der Waals surface area contributed by atoms with E-state index in [1.165, 1.54) is 0 Å². The van der Waals surface area contributed by atoms with Gasteiger partial charge in [-0.1, -0.05) is 12.1 Å². The van der Waals surface area contributed by atoms with Crippen LogP contribution in [0.3, 0.4) is 0 Å². The van der Waals surface area contributed by atoms with Crippen LogP contribution in [0.2, 0.25) is 0 Å². The number of hydrogen-bond donors (Lipinski definition) is 2. The van der Waals surface area contributed by atoms with Crippen molar-refractivity contribution in [3.63, 3.8) is 0 Å². The van der Waals surface area contributed by atoms with Crippen LogP contribution in [0.25, 0.3) is 5.69 Å². The zero-order valence-electron chi connectivity index (χ0n) is 11.2. The number of carbonyl (C=O) groups is 1. The van der Waals surface area contributed by atoms with Crippen LogP contribution < -0.4 is 10.6 Å². The van der Waals surface area contributed by atoms with Crippen LogP contribution >= 0.6 is 0 Å². The smallest absolute Gasteiger partial charge is 0.228 e. The summed E-state index contributed by atoms with van der Waals surface area (Å²) >= 11 is 0. The van der Waals surface area contributed by atoms with Crippen LogP contribution in [0.1, 0.15) is 12.8 Å². The summed E-state index contributed by atoms with van der Waals surface area (Å²) in [6.07, 6.45) is 7.33. The molecule has 2 heterocycles. The number of amides is 1. The van der Waals surface area contributed by atoms with Crippen molar-refractivity contribution in [2.24, 2.45) is 5.92 Å². The molecule has 3 rings (SSSR count). The van der Waals surface area contributed by atoms with E-state index >= 15 is 0 Å². The summed E-state index contributed by atoms with van der Waals surface area (Å²) in [4.78, 5) is 16.4. The molecule has 1 aliphatic heterocycles. The fraction of sp³-hybridized carbons (Fsp3) is 0.333. The average molecular weight is 270 g/mol. The molecule has 1 saturated heterocycles. The molecule has 0 radical (unpaired) electrons. The second kappa shape index (κ2) is 5.88. The molecule has 1 aromatic carbocycles. The van der Waals surface area contributed by atoms with Gasteiger partial charge < -0.3 is 15.2 Å². The molecule has 1 amide bonds. The monoisotopic (exact) mass is 270 g/mol. The number of rotatable bonds is 3. The summed E-state index contributed by atoms with van der Waals surface area (Å²) in [6.45, 7) is 1.77. The Morgan fingerprint density at radius 1 is 1.40 bits per heavy atom. The molecule has 104 valence electrons. The molecule has 2 aromatic rings. The Hall–Kier alpha value is -2.14. The highest BCUT2D eigenvalue weighted by Crippen LogP contribution is 2.21. The molecule has 0 spiro atoms. The fourth-order valence-electron chi connectivity index (χ4n) is 2.52. The van der Waals surface area contributed by atoms with Crippen LogP contribution in [-0.2, 0) is 4.79 Å². The van der Waals surface area contributed by atoms with Crippen molar-refractivity contribution in [3.8, 4) is 5.69 Å². The van der Waals surface area contributed by atoms with Gasteiger partial charge in [0.1, 0.15) is 0 Å². The van der Waals surface area contributed by atoms with E-state index in [1.807, 2.05) is 35.0 Å². The largest absolute Gasteiger partial charge is 0.324 e. The highest BCUT2D eigenvalue weighted by Gasteiger charge is 2.21. The predicted octanol–water partition coefficient (Wildman–Crippen LogP) is 1.81. The standard InChI is InChI=1S/C15H18N4O/c20-15(12-4-3-7-16-10-12)18-13-5-1-2-6-14(13)19-9-8-17-11-19/h1-2,5-6,8-9,11-12,16H,3-4,7,10H2,(H,18,20)/t12-/m1/s1. The Morgan fingerprint density at radius 2 is 2.30 bits per heavy atom. The lowest BCUT2D eigenvalue weighted by Gasteiger charge is -2.22. The fourth-order valence-corrected chi connectivity index (χ4v) is 2.52. The summed E-state index contributed by atoms with van der Waals surface area (Å²) in [6, 6.07) is 7.77. The number of para-hydroxylation sites is 2. The van der Waals surface area contributed by atoms with E-state index in [0.717, 1.165) is 37.3 Å². The number of carbonyl (C=O) groups excluding carboxylic acids is 1. The SMILES string of the molecule is O=C(Nc1ccccc1-n1ccnc1)[C@@H]1CCCNC1. The normalized spacial score (nSPS) is 18.7. The highest BCUT2D eigenvalue weighted by atomic mass is 16.1. The van der Waals surface area contributed by atoms with E-state index in [4.69, 9.17) is 0 Å². The van der Waals surface area contributed by atoms with Gasteiger partial charge >= 0.3 is 0 Å². The summed E-state index contributed by atoms with van der Waals surface area (Å²) in [5.74, 6) is 0.143. The number of anilines is 1. The summed E-state index contributed by atoms with van der Waals surface area (Å²) < 4.78 is 1.90. The van der Waals surface area contributed by atoms with Gasteiger partial charge in [-0.25, -0.2) is 4.98 Å². The van der Waals surface area contributed by atoms with Crippen molar-refractivity contribution in [1.82, 2.24) is 14.9 Å². The Labute approximate surface area is 118 Å². The van der Waals surface area contributed by atoms with E-state index in [2.05, 4.69) is 15.6 Å². The molecule has 0 aliphatic carbocycles. The van der Waals surface area contributed by atoms with Crippen molar-refractivity contribution in [3.05, 3.63) is 43.0 Å². The van der Waals surface area contributed by atoms with Gasteiger partial charge in [0.25, 0.3) is 0 Å². The van der Waals surface area contributed by atoms with Gasteiger partial charge in [-0.15, -0.1) is 0 Å². The van der Waals surface area contributed by atoms with Crippen LogP contribution in [0.4, 0.5) is 5.69 Å². The van der Waals surface area contributed by atoms with Crippen molar-refractivity contribution < 1.29 is 4.79 Å². The van der Waals surface area contributed by atoms with E-state index in [1.54, 1.807) is 12.5 Å². The van der Waals surface area contributed by atoms with Crippen molar-refractivity contribution in [1.29, 1.82) is 0 Å². The molecular weight excluding hydrogens is 252 g/mol. The number of benzene rings is 1. The van der Waals surface area contributed by atoms with Crippen molar-refractivity contribution >= 4 is 11.6 Å². The minimum Gasteiger partial charge on any atom is -0.324 e. The first-order valence-corrected chi connectivity index (χ1v) is 6.93. The number of aromatic nitrogens is 2. The third kappa shape index (κ3) is 2.72. The molecule has 1 aromatic heterocycles. The van der Waals surface area contributed by atoms with Gasteiger partial charge in [0.2, 0.25) is 5.91 Å². The first-order chi connectivity index (χ1) is 9.84. The van der Waals surface area contributed by atoms with Gasteiger partial charge in [0, 0.05) is 18.9 Å². The third-order valence-electron chi connectivity index (χ3n) is 3.61. The maximum absolute atomic E-state index is 12.3. The zero-order chi connectivity index (χ0) is 13.8. The van der Waals surface area contributed by atoms with Crippen molar-refractivity contribution in [2.45, 2.75) is 12.8 Å². The summed E-state index contributed by atoms with van der Waals surface area (Å²) in [5.41, 5.74) is 1.75. The summed E-state index contributed by atoms with van der Waals surface area (Å²) in [5, 5.41) is 6.31. The third-order valence-corrected chi connectivity index (χ3v) is 3.61. The van der Waals surface area contributed by atoms with E-state index < -0.39 is 0 Å². The number of nitrogens with one attached hydrogen (secondary N) is 2. The lowest BCUT2D eigenvalue weighted by Crippen LogP contribution is -2.37. The van der Waals surface area contributed by atoms with Gasteiger partial charge in [0.15, 0.2) is 0 Å².